The Morgan fingerprint density at radius 2 is 1.77 bits per heavy atom. The number of hydrazone groups is 1. The van der Waals surface area contributed by atoms with Gasteiger partial charge in [0.05, 0.1) is 0 Å². The van der Waals surface area contributed by atoms with E-state index in [2.05, 4.69) is 43.5 Å². The average molecular weight is 359 g/mol. The number of carbonyl (C=O) groups is 3. The number of benzene rings is 1. The first-order valence-corrected chi connectivity index (χ1v) is 8.74. The SMILES string of the molecule is CC(C)c1cccc(C(C)C)c1NC(=O)COC(=O)C1=NNC(=O)CC1. The Kier molecular flexibility index (Phi) is 6.49. The molecule has 26 heavy (non-hydrogen) atoms. The third-order valence-electron chi connectivity index (χ3n) is 4.11. The second-order valence-electron chi connectivity index (χ2n) is 6.84. The molecule has 0 saturated carbocycles. The standard InChI is InChI=1S/C19H25N3O4/c1-11(2)13-6-5-7-14(12(3)4)18(13)20-17(24)10-26-19(25)15-8-9-16(23)22-21-15/h5-7,11-12H,8-10H2,1-4H3,(H,20,24)(H,22,23). The van der Waals surface area contributed by atoms with Gasteiger partial charge in [-0.05, 0) is 23.0 Å². The first-order chi connectivity index (χ1) is 12.3. The molecule has 1 aromatic carbocycles. The van der Waals surface area contributed by atoms with Gasteiger partial charge < -0.3 is 10.1 Å². The van der Waals surface area contributed by atoms with Crippen LogP contribution in [-0.4, -0.2) is 30.1 Å². The molecule has 1 aromatic rings. The zero-order chi connectivity index (χ0) is 19.3. The lowest BCUT2D eigenvalue weighted by atomic mass is 9.92. The van der Waals surface area contributed by atoms with Gasteiger partial charge in [0.1, 0.15) is 5.71 Å². The highest BCUT2D eigenvalue weighted by atomic mass is 16.5. The lowest BCUT2D eigenvalue weighted by Crippen LogP contribution is -2.32. The first-order valence-electron chi connectivity index (χ1n) is 8.74. The molecule has 0 bridgehead atoms. The second-order valence-corrected chi connectivity index (χ2v) is 6.84. The lowest BCUT2D eigenvalue weighted by Gasteiger charge is -2.20. The Labute approximate surface area is 153 Å². The topological polar surface area (TPSA) is 96.9 Å². The number of ether oxygens (including phenoxy) is 1. The maximum absolute atomic E-state index is 12.3. The van der Waals surface area contributed by atoms with Gasteiger partial charge in [0.25, 0.3) is 5.91 Å². The molecule has 7 heteroatoms. The summed E-state index contributed by atoms with van der Waals surface area (Å²) in [4.78, 5) is 35.3. The van der Waals surface area contributed by atoms with Gasteiger partial charge in [-0.15, -0.1) is 0 Å². The number of esters is 1. The molecule has 0 spiro atoms. The van der Waals surface area contributed by atoms with Gasteiger partial charge in [-0.2, -0.15) is 5.10 Å². The Morgan fingerprint density at radius 1 is 1.15 bits per heavy atom. The molecule has 0 atom stereocenters. The molecule has 1 aliphatic rings. The molecule has 2 N–H and O–H groups in total. The van der Waals surface area contributed by atoms with E-state index in [4.69, 9.17) is 4.74 Å². The number of amides is 2. The summed E-state index contributed by atoms with van der Waals surface area (Å²) in [6.07, 6.45) is 0.389. The maximum atomic E-state index is 12.3. The third-order valence-corrected chi connectivity index (χ3v) is 4.11. The summed E-state index contributed by atoms with van der Waals surface area (Å²) in [5.74, 6) is -0.862. The average Bonchev–Trinajstić information content (AvgIpc) is 2.60. The molecule has 1 heterocycles. The van der Waals surface area contributed by atoms with Crippen LogP contribution >= 0.6 is 0 Å². The van der Waals surface area contributed by atoms with Crippen LogP contribution in [0.25, 0.3) is 0 Å². The zero-order valence-electron chi connectivity index (χ0n) is 15.6. The Hall–Kier alpha value is -2.70. The highest BCUT2D eigenvalue weighted by Crippen LogP contribution is 2.32. The van der Waals surface area contributed by atoms with Crippen LogP contribution in [-0.2, 0) is 19.1 Å². The number of anilines is 1. The third kappa shape index (κ3) is 4.91. The predicted octanol–water partition coefficient (Wildman–Crippen LogP) is 2.68. The van der Waals surface area contributed by atoms with Crippen LogP contribution in [0.15, 0.2) is 23.3 Å². The molecule has 2 rings (SSSR count). The van der Waals surface area contributed by atoms with Crippen molar-refractivity contribution in [1.82, 2.24) is 5.43 Å². The van der Waals surface area contributed by atoms with Crippen molar-refractivity contribution in [3.63, 3.8) is 0 Å². The van der Waals surface area contributed by atoms with E-state index in [0.717, 1.165) is 16.8 Å². The molecular weight excluding hydrogens is 334 g/mol. The van der Waals surface area contributed by atoms with Crippen LogP contribution in [0.1, 0.15) is 63.5 Å². The van der Waals surface area contributed by atoms with Crippen molar-refractivity contribution in [3.8, 4) is 0 Å². The van der Waals surface area contributed by atoms with E-state index < -0.39 is 18.5 Å². The molecule has 0 aliphatic carbocycles. The predicted molar refractivity (Wildman–Crippen MR) is 99.0 cm³/mol. The van der Waals surface area contributed by atoms with Crippen molar-refractivity contribution in [1.29, 1.82) is 0 Å². The minimum atomic E-state index is -0.693. The molecule has 7 nitrogen and oxygen atoms in total. The molecule has 1 aliphatic heterocycles. The fourth-order valence-corrected chi connectivity index (χ4v) is 2.71. The van der Waals surface area contributed by atoms with Crippen LogP contribution in [0.2, 0.25) is 0 Å². The van der Waals surface area contributed by atoms with Crippen molar-refractivity contribution in [2.75, 3.05) is 11.9 Å². The quantitative estimate of drug-likeness (QED) is 0.763. The fraction of sp³-hybridized carbons (Fsp3) is 0.474. The molecular formula is C19H25N3O4. The van der Waals surface area contributed by atoms with E-state index >= 15 is 0 Å². The van der Waals surface area contributed by atoms with Crippen LogP contribution in [0, 0.1) is 0 Å². The number of nitrogens with zero attached hydrogens (tertiary/aromatic N) is 1. The number of para-hydroxylation sites is 1. The maximum Gasteiger partial charge on any atom is 0.355 e. The normalized spacial score (nSPS) is 14.1. The van der Waals surface area contributed by atoms with Crippen LogP contribution in [0.5, 0.6) is 0 Å². The minimum absolute atomic E-state index is 0.114. The van der Waals surface area contributed by atoms with E-state index in [-0.39, 0.29) is 36.3 Å². The largest absolute Gasteiger partial charge is 0.451 e. The van der Waals surface area contributed by atoms with Gasteiger partial charge in [0.15, 0.2) is 6.61 Å². The molecule has 140 valence electrons. The summed E-state index contributed by atoms with van der Waals surface area (Å²) in [7, 11) is 0. The number of carbonyl (C=O) groups excluding carboxylic acids is 3. The van der Waals surface area contributed by atoms with Gasteiger partial charge in [-0.3, -0.25) is 9.59 Å². The van der Waals surface area contributed by atoms with E-state index in [1.807, 2.05) is 18.2 Å². The number of nitrogens with one attached hydrogen (secondary N) is 2. The van der Waals surface area contributed by atoms with Gasteiger partial charge in [-0.25, -0.2) is 10.2 Å². The van der Waals surface area contributed by atoms with Crippen molar-refractivity contribution in [3.05, 3.63) is 29.3 Å². The van der Waals surface area contributed by atoms with Crippen molar-refractivity contribution in [2.24, 2.45) is 5.10 Å². The second kappa shape index (κ2) is 8.60. The number of hydrogen-bond acceptors (Lipinski definition) is 5. The smallest absolute Gasteiger partial charge is 0.355 e. The Morgan fingerprint density at radius 3 is 2.27 bits per heavy atom. The lowest BCUT2D eigenvalue weighted by molar-refractivity contribution is -0.140. The summed E-state index contributed by atoms with van der Waals surface area (Å²) in [5, 5.41) is 6.54. The summed E-state index contributed by atoms with van der Waals surface area (Å²) >= 11 is 0. The number of hydrogen-bond donors (Lipinski definition) is 2. The van der Waals surface area contributed by atoms with Gasteiger partial charge >= 0.3 is 5.97 Å². The van der Waals surface area contributed by atoms with Crippen molar-refractivity contribution in [2.45, 2.75) is 52.4 Å². The number of rotatable bonds is 6. The summed E-state index contributed by atoms with van der Waals surface area (Å²) in [6, 6.07) is 5.95. The highest BCUT2D eigenvalue weighted by Gasteiger charge is 2.21. The Balaban J connectivity index is 2.04. The van der Waals surface area contributed by atoms with E-state index in [1.54, 1.807) is 0 Å². The Bertz CT molecular complexity index is 712. The van der Waals surface area contributed by atoms with Crippen molar-refractivity contribution < 1.29 is 19.1 Å². The molecule has 0 aromatic heterocycles. The summed E-state index contributed by atoms with van der Waals surface area (Å²) in [6.45, 7) is 7.83. The molecule has 2 amide bonds. The monoisotopic (exact) mass is 359 g/mol. The summed E-state index contributed by atoms with van der Waals surface area (Å²) in [5.41, 5.74) is 5.19. The zero-order valence-corrected chi connectivity index (χ0v) is 15.6. The van der Waals surface area contributed by atoms with Crippen LogP contribution in [0.4, 0.5) is 5.69 Å². The molecule has 0 saturated heterocycles. The van der Waals surface area contributed by atoms with Gasteiger partial charge in [0, 0.05) is 18.5 Å². The fourth-order valence-electron chi connectivity index (χ4n) is 2.71. The van der Waals surface area contributed by atoms with Crippen LogP contribution < -0.4 is 10.7 Å². The van der Waals surface area contributed by atoms with E-state index in [0.29, 0.717) is 0 Å². The minimum Gasteiger partial charge on any atom is -0.451 e. The van der Waals surface area contributed by atoms with Crippen molar-refractivity contribution >= 4 is 29.2 Å². The van der Waals surface area contributed by atoms with Gasteiger partial charge in [0.2, 0.25) is 5.91 Å². The molecule has 0 radical (unpaired) electrons. The summed E-state index contributed by atoms with van der Waals surface area (Å²) < 4.78 is 5.02. The van der Waals surface area contributed by atoms with Crippen LogP contribution in [0.3, 0.4) is 0 Å². The van der Waals surface area contributed by atoms with Gasteiger partial charge in [-0.1, -0.05) is 45.9 Å². The molecule has 0 fully saturated rings. The highest BCUT2D eigenvalue weighted by molar-refractivity contribution is 6.37. The molecule has 0 unspecified atom stereocenters. The van der Waals surface area contributed by atoms with E-state index in [9.17, 15) is 14.4 Å². The van der Waals surface area contributed by atoms with E-state index in [1.165, 1.54) is 0 Å². The first kappa shape index (κ1) is 19.6.